The molecule has 0 atom stereocenters. The van der Waals surface area contributed by atoms with Crippen LogP contribution in [0.15, 0.2) is 0 Å². The second-order valence-electron chi connectivity index (χ2n) is 1.36. The van der Waals surface area contributed by atoms with Gasteiger partial charge >= 0.3 is 103 Å². The molecule has 0 aliphatic rings. The minimum atomic E-state index is -5.51. The molecule has 0 saturated heterocycles. The smallest absolute Gasteiger partial charge is 0.725 e. The molecule has 0 aromatic rings. The first-order chi connectivity index (χ1) is 5.41. The Balaban J connectivity index is -0.000000720. The average molecular weight is 350 g/mol. The molecule has 15 heteroatoms. The molecule has 0 heterocycles. The number of rotatable bonds is 4. The molecule has 0 unspecified atom stereocenters. The van der Waals surface area contributed by atoms with E-state index in [2.05, 4.69) is 18.4 Å². The van der Waals surface area contributed by atoms with Crippen molar-refractivity contribution in [2.24, 2.45) is 0 Å². The standard InChI is InChI=1S/2K.H2O9S4/c;;1-11(2,3)8-13(7,10)9-12(4,5)6/h;;(H,1,2,3)(H,4,5,6)/q2*+1;/p-2. The van der Waals surface area contributed by atoms with Gasteiger partial charge in [0.2, 0.25) is 20.8 Å². The molecular weight excluding hydrogens is 350 g/mol. The summed E-state index contributed by atoms with van der Waals surface area (Å²) < 4.78 is 74.7. The molecular formula is K2O9S4. The molecule has 0 saturated carbocycles. The average Bonchev–Trinajstić information content (AvgIpc) is 1.43. The molecule has 0 radical (unpaired) electrons. The number of hydrogen-bond donors (Lipinski definition) is 0. The van der Waals surface area contributed by atoms with Crippen LogP contribution in [0.4, 0.5) is 0 Å². The van der Waals surface area contributed by atoms with Crippen LogP contribution in [-0.2, 0) is 48.3 Å². The Kier molecular flexibility index (Phi) is 13.4. The Morgan fingerprint density at radius 3 is 1.13 bits per heavy atom. The molecule has 0 N–H and O–H groups in total. The quantitative estimate of drug-likeness (QED) is 0.271. The number of hydrogen-bond acceptors (Lipinski definition) is 10. The summed E-state index contributed by atoms with van der Waals surface area (Å²) in [6, 6.07) is 0. The normalized spacial score (nSPS) is 12.4. The van der Waals surface area contributed by atoms with Gasteiger partial charge < -0.3 is 9.11 Å². The van der Waals surface area contributed by atoms with E-state index >= 15 is 0 Å². The van der Waals surface area contributed by atoms with Gasteiger partial charge in [0.15, 0.2) is 0 Å². The summed E-state index contributed by atoms with van der Waals surface area (Å²) in [7, 11) is -15.9. The Bertz CT molecular complexity index is 424. The largest absolute Gasteiger partial charge is 1.00 e. The van der Waals surface area contributed by atoms with Crippen molar-refractivity contribution >= 4 is 41.0 Å². The molecule has 9 nitrogen and oxygen atoms in total. The van der Waals surface area contributed by atoms with Crippen LogP contribution in [0.25, 0.3) is 0 Å². The first-order valence-electron chi connectivity index (χ1n) is 2.00. The van der Waals surface area contributed by atoms with Gasteiger partial charge in [0.1, 0.15) is 0 Å². The van der Waals surface area contributed by atoms with Crippen molar-refractivity contribution in [1.82, 2.24) is 0 Å². The predicted octanol–water partition coefficient (Wildman–Crippen LogP) is -8.48. The maximum absolute atomic E-state index is 10.4. The maximum atomic E-state index is 10.4. The summed E-state index contributed by atoms with van der Waals surface area (Å²) in [5, 5.41) is 0. The summed E-state index contributed by atoms with van der Waals surface area (Å²) in [6.45, 7) is 0. The maximum Gasteiger partial charge on any atom is 1.00 e. The second-order valence-corrected chi connectivity index (χ2v) is 6.12. The Morgan fingerprint density at radius 1 is 0.800 bits per heavy atom. The van der Waals surface area contributed by atoms with E-state index in [0.29, 0.717) is 0 Å². The van der Waals surface area contributed by atoms with Crippen molar-refractivity contribution in [3.63, 3.8) is 0 Å². The fourth-order valence-corrected chi connectivity index (χ4v) is 3.37. The molecule has 0 fully saturated rings. The fourth-order valence-electron chi connectivity index (χ4n) is 0.215. The van der Waals surface area contributed by atoms with Crippen LogP contribution in [0.2, 0.25) is 0 Å². The molecule has 0 aliphatic carbocycles. The molecule has 0 spiro atoms. The first-order valence-corrected chi connectivity index (χ1v) is 7.00. The topological polar surface area (TPSA) is 150 Å². The van der Waals surface area contributed by atoms with Gasteiger partial charge in [0.05, 0.1) is 0 Å². The summed E-state index contributed by atoms with van der Waals surface area (Å²) in [5.74, 6) is 0. The monoisotopic (exact) mass is 350 g/mol. The summed E-state index contributed by atoms with van der Waals surface area (Å²) in [4.78, 5) is 0. The summed E-state index contributed by atoms with van der Waals surface area (Å²) >= 11 is 3.56. The van der Waals surface area contributed by atoms with Gasteiger partial charge in [-0.1, -0.05) is 0 Å². The third kappa shape index (κ3) is 17.4. The molecule has 0 aliphatic heterocycles. The van der Waals surface area contributed by atoms with E-state index in [0.717, 1.165) is 0 Å². The minimum Gasteiger partial charge on any atom is -0.725 e. The second kappa shape index (κ2) is 8.53. The van der Waals surface area contributed by atoms with E-state index in [9.17, 15) is 30.1 Å². The molecule has 0 bridgehead atoms. The van der Waals surface area contributed by atoms with Gasteiger partial charge in [-0.15, -0.1) is 0 Å². The Hall–Kier alpha value is 3.38. The molecule has 80 valence electrons. The van der Waals surface area contributed by atoms with Gasteiger partial charge in [-0.2, -0.15) is 11.5 Å². The van der Waals surface area contributed by atoms with Crippen LogP contribution in [-0.4, -0.2) is 30.1 Å². The van der Waals surface area contributed by atoms with Crippen LogP contribution in [0.1, 0.15) is 0 Å². The predicted molar refractivity (Wildman–Crippen MR) is 37.1 cm³/mol. The van der Waals surface area contributed by atoms with Crippen molar-refractivity contribution in [1.29, 1.82) is 0 Å². The minimum absolute atomic E-state index is 0. The summed E-state index contributed by atoms with van der Waals surface area (Å²) in [5.41, 5.74) is 0. The zero-order chi connectivity index (χ0) is 10.9. The van der Waals surface area contributed by atoms with Crippen LogP contribution in [0, 0.1) is 0 Å². The Labute approximate surface area is 176 Å². The molecule has 0 amide bonds. The van der Waals surface area contributed by atoms with Crippen molar-refractivity contribution in [2.75, 3.05) is 0 Å². The third-order valence-electron chi connectivity index (χ3n) is 0.333. The molecule has 15 heavy (non-hydrogen) atoms. The van der Waals surface area contributed by atoms with Crippen molar-refractivity contribution in [2.45, 2.75) is 0 Å². The van der Waals surface area contributed by atoms with E-state index in [-0.39, 0.29) is 103 Å². The van der Waals surface area contributed by atoms with Crippen molar-refractivity contribution in [3.8, 4) is 0 Å². The van der Waals surface area contributed by atoms with Crippen molar-refractivity contribution < 1.29 is 140 Å². The van der Waals surface area contributed by atoms with Gasteiger partial charge in [-0.3, -0.25) is 0 Å². The van der Waals surface area contributed by atoms with Gasteiger partial charge in [-0.25, -0.2) is 16.8 Å². The van der Waals surface area contributed by atoms with Crippen molar-refractivity contribution in [3.05, 3.63) is 0 Å². The molecule has 0 aromatic carbocycles. The van der Waals surface area contributed by atoms with E-state index in [1.165, 1.54) is 0 Å². The molecule has 0 aromatic heterocycles. The fraction of sp³-hybridized carbons (Fsp3) is 0. The van der Waals surface area contributed by atoms with E-state index in [1.54, 1.807) is 0 Å². The SMILES string of the molecule is O=S(=O)([O-])OS(=O)(=S)OS(=O)(=O)[O-].[K+].[K+]. The first kappa shape index (κ1) is 23.5. The van der Waals surface area contributed by atoms with Gasteiger partial charge in [0.25, 0.3) is 9.05 Å². The Morgan fingerprint density at radius 2 is 1.00 bits per heavy atom. The van der Waals surface area contributed by atoms with Crippen LogP contribution in [0.5, 0.6) is 0 Å². The van der Waals surface area contributed by atoms with Crippen LogP contribution < -0.4 is 103 Å². The zero-order valence-electron chi connectivity index (χ0n) is 7.31. The van der Waals surface area contributed by atoms with E-state index < -0.39 is 29.9 Å². The van der Waals surface area contributed by atoms with Gasteiger partial charge in [-0.05, 0) is 0 Å². The summed E-state index contributed by atoms with van der Waals surface area (Å²) in [6.07, 6.45) is 0. The third-order valence-corrected chi connectivity index (χ3v) is 4.00. The van der Waals surface area contributed by atoms with Gasteiger partial charge in [0, 0.05) is 11.2 Å². The zero-order valence-corrected chi connectivity index (χ0v) is 16.8. The van der Waals surface area contributed by atoms with E-state index in [4.69, 9.17) is 0 Å². The van der Waals surface area contributed by atoms with Crippen LogP contribution >= 0.6 is 0 Å². The van der Waals surface area contributed by atoms with Crippen LogP contribution in [0.3, 0.4) is 0 Å². The molecule has 0 rings (SSSR count). The van der Waals surface area contributed by atoms with E-state index in [1.807, 2.05) is 0 Å².